The summed E-state index contributed by atoms with van der Waals surface area (Å²) in [5.41, 5.74) is 3.12. The first-order valence-corrected chi connectivity index (χ1v) is 14.4. The summed E-state index contributed by atoms with van der Waals surface area (Å²) in [6.45, 7) is 16.4. The van der Waals surface area contributed by atoms with Crippen molar-refractivity contribution in [1.82, 2.24) is 0 Å². The number of methoxy groups -OCH3 is 1. The van der Waals surface area contributed by atoms with Crippen molar-refractivity contribution in [3.8, 4) is 0 Å². The number of hydrogen-bond donors (Lipinski definition) is 0. The molecule has 5 heteroatoms. The van der Waals surface area contributed by atoms with E-state index in [1.165, 1.54) is 5.57 Å². The molecule has 6 atom stereocenters. The summed E-state index contributed by atoms with van der Waals surface area (Å²) in [6, 6.07) is 6.94. The maximum atomic E-state index is 13.9. The second-order valence-corrected chi connectivity index (χ2v) is 14.0. The van der Waals surface area contributed by atoms with E-state index in [4.69, 9.17) is 11.3 Å². The molecule has 4 aliphatic rings. The Morgan fingerprint density at radius 3 is 2.43 bits per heavy atom. The largest absolute Gasteiger partial charge is 0.501 e. The Morgan fingerprint density at radius 2 is 1.77 bits per heavy atom. The Morgan fingerprint density at radius 1 is 1.06 bits per heavy atom. The molecule has 4 aliphatic carbocycles. The van der Waals surface area contributed by atoms with Crippen LogP contribution in [0.1, 0.15) is 64.9 Å². The summed E-state index contributed by atoms with van der Waals surface area (Å²) in [7, 11) is -2.10. The van der Waals surface area contributed by atoms with E-state index in [1.807, 2.05) is 19.1 Å². The van der Waals surface area contributed by atoms with Gasteiger partial charge in [-0.25, -0.2) is 15.0 Å². The van der Waals surface area contributed by atoms with Crippen molar-refractivity contribution >= 4 is 9.84 Å². The highest BCUT2D eigenvalue weighted by Gasteiger charge is 2.63. The number of aryl methyl sites for hydroxylation is 1. The van der Waals surface area contributed by atoms with Crippen molar-refractivity contribution < 1.29 is 13.2 Å². The van der Waals surface area contributed by atoms with Gasteiger partial charge in [-0.15, -0.1) is 0 Å². The van der Waals surface area contributed by atoms with Crippen LogP contribution in [0.2, 0.25) is 0 Å². The third-order valence-electron chi connectivity index (χ3n) is 10.1. The van der Waals surface area contributed by atoms with Gasteiger partial charge in [0.25, 0.3) is 9.84 Å². The maximum Gasteiger partial charge on any atom is 0.352 e. The number of rotatable bonds is 4. The average Bonchev–Trinajstić information content (AvgIpc) is 3.21. The van der Waals surface area contributed by atoms with Crippen LogP contribution in [0.25, 0.3) is 4.85 Å². The number of ether oxygens (including phenoxy) is 1. The van der Waals surface area contributed by atoms with Crippen molar-refractivity contribution in [2.75, 3.05) is 7.11 Å². The lowest BCUT2D eigenvalue weighted by molar-refractivity contribution is -0.0132. The van der Waals surface area contributed by atoms with E-state index in [2.05, 4.69) is 36.9 Å². The number of fused-ring (bicyclic) bond motifs is 5. The molecule has 1 fully saturated rings. The molecule has 1 unspecified atom stereocenters. The lowest BCUT2D eigenvalue weighted by atomic mass is 9.48. The van der Waals surface area contributed by atoms with Gasteiger partial charge in [-0.1, -0.05) is 43.7 Å². The Kier molecular flexibility index (Phi) is 5.64. The van der Waals surface area contributed by atoms with Crippen LogP contribution in [-0.2, 0) is 14.6 Å². The molecule has 0 N–H and O–H groups in total. The first-order valence-electron chi connectivity index (χ1n) is 12.9. The molecule has 4 nitrogen and oxygen atoms in total. The van der Waals surface area contributed by atoms with Crippen LogP contribution in [-0.4, -0.2) is 20.4 Å². The fourth-order valence-electron chi connectivity index (χ4n) is 7.96. The van der Waals surface area contributed by atoms with E-state index in [1.54, 1.807) is 26.2 Å². The van der Waals surface area contributed by atoms with Crippen LogP contribution < -0.4 is 0 Å². The average molecular weight is 492 g/mol. The second-order valence-electron chi connectivity index (χ2n) is 11.7. The highest BCUT2D eigenvalue weighted by Crippen LogP contribution is 2.66. The van der Waals surface area contributed by atoms with Gasteiger partial charge in [0.2, 0.25) is 0 Å². The van der Waals surface area contributed by atoms with E-state index in [9.17, 15) is 8.42 Å². The van der Waals surface area contributed by atoms with E-state index in [0.717, 1.165) is 55.4 Å². The Bertz CT molecular complexity index is 1280. The number of allylic oxidation sites excluding steroid dienone is 5. The summed E-state index contributed by atoms with van der Waals surface area (Å²) in [6.07, 6.45) is 12.8. The van der Waals surface area contributed by atoms with Crippen LogP contribution in [0, 0.1) is 42.1 Å². The zero-order chi connectivity index (χ0) is 25.2. The van der Waals surface area contributed by atoms with E-state index in [0.29, 0.717) is 17.8 Å². The van der Waals surface area contributed by atoms with Crippen molar-refractivity contribution in [2.45, 2.75) is 76.0 Å². The molecule has 0 amide bonds. The van der Waals surface area contributed by atoms with Crippen molar-refractivity contribution in [3.63, 3.8) is 0 Å². The van der Waals surface area contributed by atoms with Gasteiger partial charge < -0.3 is 4.74 Å². The zero-order valence-corrected chi connectivity index (χ0v) is 22.4. The van der Waals surface area contributed by atoms with E-state index in [-0.39, 0.29) is 15.7 Å². The van der Waals surface area contributed by atoms with Crippen molar-refractivity contribution in [2.24, 2.45) is 28.6 Å². The lowest BCUT2D eigenvalue weighted by Gasteiger charge is -2.56. The normalized spacial score (nSPS) is 35.8. The van der Waals surface area contributed by atoms with E-state index >= 15 is 0 Å². The highest BCUT2D eigenvalue weighted by molar-refractivity contribution is 7.93. The molecule has 0 radical (unpaired) electrons. The molecule has 0 saturated heterocycles. The molecule has 35 heavy (non-hydrogen) atoms. The molecule has 0 aromatic heterocycles. The van der Waals surface area contributed by atoms with Gasteiger partial charge in [0.15, 0.2) is 0 Å². The fourth-order valence-corrected chi connectivity index (χ4v) is 9.64. The predicted molar refractivity (Wildman–Crippen MR) is 139 cm³/mol. The summed E-state index contributed by atoms with van der Waals surface area (Å²) >= 11 is 0. The minimum absolute atomic E-state index is 0.145. The molecule has 0 bridgehead atoms. The molecule has 0 spiro atoms. The van der Waals surface area contributed by atoms with E-state index < -0.39 is 14.7 Å². The van der Waals surface area contributed by atoms with Crippen LogP contribution in [0.4, 0.5) is 0 Å². The quantitative estimate of drug-likeness (QED) is 0.335. The Balaban J connectivity index is 1.51. The minimum atomic E-state index is -3.87. The third-order valence-corrected chi connectivity index (χ3v) is 12.4. The SMILES string of the molecule is [C-]#[N+]C(C)(C1=CC[C@H]2[C@@H]3CC=C4C=C(OC)CC[C@]4(C)[C@H]3CC[C@]12C)S(=O)(=O)c1ccc(C)cc1. The van der Waals surface area contributed by atoms with Gasteiger partial charge >= 0.3 is 4.87 Å². The summed E-state index contributed by atoms with van der Waals surface area (Å²) in [5.74, 6) is 2.53. The molecule has 1 aromatic carbocycles. The smallest absolute Gasteiger partial charge is 0.352 e. The highest BCUT2D eigenvalue weighted by atomic mass is 32.2. The van der Waals surface area contributed by atoms with Crippen LogP contribution in [0.5, 0.6) is 0 Å². The predicted octanol–water partition coefficient (Wildman–Crippen LogP) is 7.04. The molecular weight excluding hydrogens is 454 g/mol. The Labute approximate surface area is 210 Å². The van der Waals surface area contributed by atoms with Gasteiger partial charge in [0, 0.05) is 24.3 Å². The maximum absolute atomic E-state index is 13.9. The topological polar surface area (TPSA) is 47.7 Å². The first kappa shape index (κ1) is 24.4. The van der Waals surface area contributed by atoms with Crippen molar-refractivity contribution in [3.05, 3.63) is 76.4 Å². The first-order chi connectivity index (χ1) is 16.5. The van der Waals surface area contributed by atoms with Crippen molar-refractivity contribution in [1.29, 1.82) is 0 Å². The monoisotopic (exact) mass is 491 g/mol. The number of sulfone groups is 1. The summed E-state index contributed by atoms with van der Waals surface area (Å²) in [5, 5.41) is 0. The van der Waals surface area contributed by atoms with Crippen LogP contribution >= 0.6 is 0 Å². The molecular formula is C30H37NO3S. The molecule has 1 saturated carbocycles. The second kappa shape index (κ2) is 8.10. The lowest BCUT2D eigenvalue weighted by Crippen LogP contribution is -2.51. The number of hydrogen-bond acceptors (Lipinski definition) is 3. The fraction of sp³-hybridized carbons (Fsp3) is 0.567. The Hall–Kier alpha value is -2.32. The van der Waals surface area contributed by atoms with Gasteiger partial charge in [-0.05, 0) is 86.0 Å². The van der Waals surface area contributed by atoms with Gasteiger partial charge in [0.05, 0.1) is 17.8 Å². The summed E-state index contributed by atoms with van der Waals surface area (Å²) < 4.78 is 33.4. The molecule has 0 aliphatic heterocycles. The summed E-state index contributed by atoms with van der Waals surface area (Å²) in [4.78, 5) is 2.53. The molecule has 186 valence electrons. The van der Waals surface area contributed by atoms with Gasteiger partial charge in [-0.3, -0.25) is 4.85 Å². The third kappa shape index (κ3) is 3.32. The standard InChI is InChI=1S/C30H37NO3S/c1-20-7-10-23(11-8-20)35(32,33)30(4,31-5)27-14-13-25-24-12-9-21-19-22(34-6)15-17-28(21,2)26(24)16-18-29(25,27)3/h7-11,14,19,24-26H,12-13,15-18H2,1-4,6H3/t24-,25-,26-,28-,29-,30?/m0/s1. The molecule has 0 heterocycles. The van der Waals surface area contributed by atoms with Crippen LogP contribution in [0.15, 0.2) is 64.3 Å². The van der Waals surface area contributed by atoms with Gasteiger partial charge in [0.1, 0.15) is 0 Å². The zero-order valence-electron chi connectivity index (χ0n) is 21.6. The number of benzene rings is 1. The molecule has 1 aromatic rings. The minimum Gasteiger partial charge on any atom is -0.501 e. The molecule has 5 rings (SSSR count). The van der Waals surface area contributed by atoms with Gasteiger partial charge in [-0.2, -0.15) is 0 Å². The number of nitrogens with zero attached hydrogens (tertiary/aromatic N) is 1. The van der Waals surface area contributed by atoms with Crippen LogP contribution in [0.3, 0.4) is 0 Å².